The molecule has 0 fully saturated rings. The van der Waals surface area contributed by atoms with Crippen LogP contribution < -0.4 is 5.73 Å². The molecule has 0 aliphatic rings. The molecule has 16 heavy (non-hydrogen) atoms. The molecule has 0 saturated carbocycles. The van der Waals surface area contributed by atoms with Crippen molar-refractivity contribution in [3.05, 3.63) is 12.7 Å². The molecule has 0 heterocycles. The van der Waals surface area contributed by atoms with Crippen molar-refractivity contribution in [1.29, 1.82) is 0 Å². The third-order valence-corrected chi connectivity index (χ3v) is 0.461. The highest BCUT2D eigenvalue weighted by molar-refractivity contribution is 7.45. The Balaban J connectivity index is -0.000000160. The minimum atomic E-state index is -4.64. The van der Waals surface area contributed by atoms with Gasteiger partial charge in [0, 0.05) is 6.08 Å². The summed E-state index contributed by atoms with van der Waals surface area (Å²) in [4.78, 5) is 40.4. The maximum absolute atomic E-state index is 9.60. The van der Waals surface area contributed by atoms with Gasteiger partial charge in [0.1, 0.15) is 0 Å². The van der Waals surface area contributed by atoms with E-state index < -0.39 is 19.9 Å². The van der Waals surface area contributed by atoms with Gasteiger partial charge in [0.05, 0.1) is 6.61 Å². The maximum atomic E-state index is 9.60. The number of carbonyl (C=O) groups excluding carboxylic acids is 1. The fourth-order valence-corrected chi connectivity index (χ4v) is 0.142. The van der Waals surface area contributed by atoms with Crippen LogP contribution in [0.4, 0.5) is 4.79 Å². The van der Waals surface area contributed by atoms with Gasteiger partial charge in [-0.3, -0.25) is 0 Å². The van der Waals surface area contributed by atoms with Gasteiger partial charge in [-0.25, -0.2) is 14.2 Å². The van der Waals surface area contributed by atoms with E-state index >= 15 is 0 Å². The quantitative estimate of drug-likeness (QED) is 0.324. The van der Waals surface area contributed by atoms with E-state index in [2.05, 4.69) is 17.0 Å². The van der Waals surface area contributed by atoms with Gasteiger partial charge in [-0.2, -0.15) is 0 Å². The summed E-state index contributed by atoms with van der Waals surface area (Å²) in [6.45, 7) is 5.02. The second-order valence-electron chi connectivity index (χ2n) is 1.81. The first-order chi connectivity index (χ1) is 7.04. The minimum Gasteiger partial charge on any atom is -0.478 e. The van der Waals surface area contributed by atoms with Crippen LogP contribution >= 0.6 is 7.82 Å². The molecule has 0 saturated heterocycles. The molecule has 10 heteroatoms. The molecular formula is C6H14NO8P. The molecule has 0 atom stereocenters. The highest BCUT2D eigenvalue weighted by Crippen LogP contribution is 2.25. The lowest BCUT2D eigenvalue weighted by Gasteiger charge is -1.89. The van der Waals surface area contributed by atoms with Crippen LogP contribution in [-0.4, -0.2) is 38.5 Å². The molecule has 0 aliphatic carbocycles. The maximum Gasteiger partial charge on any atom is 0.466 e. The molecule has 0 aliphatic heterocycles. The molecule has 96 valence electrons. The van der Waals surface area contributed by atoms with Crippen LogP contribution in [0.15, 0.2) is 12.7 Å². The van der Waals surface area contributed by atoms with Gasteiger partial charge in [0.25, 0.3) is 0 Å². The summed E-state index contributed by atoms with van der Waals surface area (Å²) in [6, 6.07) is 0. The SMILES string of the molecule is C=CC(=O)O.CCOC(N)=O.O=P(O)(O)O. The Bertz CT molecular complexity index is 251. The lowest BCUT2D eigenvalue weighted by molar-refractivity contribution is -0.131. The predicted molar refractivity (Wildman–Crippen MR) is 53.3 cm³/mol. The lowest BCUT2D eigenvalue weighted by atomic mass is 10.7. The van der Waals surface area contributed by atoms with Crippen molar-refractivity contribution in [1.82, 2.24) is 0 Å². The molecule has 0 radical (unpaired) electrons. The van der Waals surface area contributed by atoms with Crippen LogP contribution in [-0.2, 0) is 14.1 Å². The van der Waals surface area contributed by atoms with E-state index in [1.165, 1.54) is 0 Å². The van der Waals surface area contributed by atoms with E-state index in [4.69, 9.17) is 24.4 Å². The molecule has 6 N–H and O–H groups in total. The van der Waals surface area contributed by atoms with Gasteiger partial charge >= 0.3 is 19.9 Å². The first kappa shape index (κ1) is 20.1. The standard InChI is InChI=1S/C3H7NO2.C3H4O2.H3O4P/c1-2-6-3(4)5;1-2-3(4)5;1-5(2,3)4/h2H2,1H3,(H2,4,5);2H,1H2,(H,4,5);(H3,1,2,3,4). The van der Waals surface area contributed by atoms with Gasteiger partial charge in [-0.05, 0) is 6.92 Å². The summed E-state index contributed by atoms with van der Waals surface area (Å²) in [6.07, 6.45) is 0.123. The number of carboxylic acids is 1. The van der Waals surface area contributed by atoms with Crippen LogP contribution in [0.3, 0.4) is 0 Å². The zero-order valence-corrected chi connectivity index (χ0v) is 9.33. The Morgan fingerprint density at radius 1 is 1.44 bits per heavy atom. The van der Waals surface area contributed by atoms with Crippen molar-refractivity contribution < 1.29 is 38.7 Å². The largest absolute Gasteiger partial charge is 0.478 e. The van der Waals surface area contributed by atoms with Crippen LogP contribution in [0.5, 0.6) is 0 Å². The summed E-state index contributed by atoms with van der Waals surface area (Å²) in [7, 11) is -4.64. The highest BCUT2D eigenvalue weighted by atomic mass is 31.2. The minimum absolute atomic E-state index is 0.356. The van der Waals surface area contributed by atoms with Gasteiger partial charge in [0.2, 0.25) is 0 Å². The average Bonchev–Trinajstić information content (AvgIpc) is 2.01. The first-order valence-corrected chi connectivity index (χ1v) is 5.17. The van der Waals surface area contributed by atoms with Crippen molar-refractivity contribution in [3.8, 4) is 0 Å². The van der Waals surface area contributed by atoms with E-state index in [-0.39, 0.29) is 0 Å². The van der Waals surface area contributed by atoms with E-state index in [1.54, 1.807) is 6.92 Å². The van der Waals surface area contributed by atoms with Crippen molar-refractivity contribution in [2.24, 2.45) is 5.73 Å². The van der Waals surface area contributed by atoms with E-state index in [0.29, 0.717) is 6.61 Å². The molecule has 0 aromatic heterocycles. The number of carboxylic acid groups (broad SMARTS) is 1. The Labute approximate surface area is 91.4 Å². The summed E-state index contributed by atoms with van der Waals surface area (Å²) < 4.78 is 13.1. The number of rotatable bonds is 2. The zero-order valence-electron chi connectivity index (χ0n) is 8.44. The Morgan fingerprint density at radius 3 is 1.69 bits per heavy atom. The molecule has 0 rings (SSSR count). The number of carbonyl (C=O) groups is 2. The second-order valence-corrected chi connectivity index (χ2v) is 2.83. The topological polar surface area (TPSA) is 167 Å². The molecule has 9 nitrogen and oxygen atoms in total. The number of hydrogen-bond acceptors (Lipinski definition) is 4. The third kappa shape index (κ3) is 131. The predicted octanol–water partition coefficient (Wildman–Crippen LogP) is -0.570. The average molecular weight is 259 g/mol. The van der Waals surface area contributed by atoms with Crippen LogP contribution in [0.25, 0.3) is 0 Å². The monoisotopic (exact) mass is 259 g/mol. The summed E-state index contributed by atoms with van der Waals surface area (Å²) in [5.74, 6) is -0.981. The van der Waals surface area contributed by atoms with Crippen LogP contribution in [0.2, 0.25) is 0 Å². The van der Waals surface area contributed by atoms with Crippen molar-refractivity contribution in [3.63, 3.8) is 0 Å². The number of ether oxygens (including phenoxy) is 1. The van der Waals surface area contributed by atoms with E-state index in [0.717, 1.165) is 6.08 Å². The van der Waals surface area contributed by atoms with E-state index in [1.807, 2.05) is 0 Å². The molecule has 0 aromatic rings. The van der Waals surface area contributed by atoms with Gasteiger partial charge in [-0.1, -0.05) is 6.58 Å². The number of hydrogen-bond donors (Lipinski definition) is 5. The fraction of sp³-hybridized carbons (Fsp3) is 0.333. The molecule has 0 spiro atoms. The van der Waals surface area contributed by atoms with Crippen molar-refractivity contribution in [2.45, 2.75) is 6.92 Å². The summed E-state index contributed by atoms with van der Waals surface area (Å²) in [5.41, 5.74) is 4.54. The second kappa shape index (κ2) is 11.7. The molecule has 0 bridgehead atoms. The van der Waals surface area contributed by atoms with Crippen LogP contribution in [0.1, 0.15) is 6.92 Å². The van der Waals surface area contributed by atoms with Gasteiger partial charge in [0.15, 0.2) is 0 Å². The summed E-state index contributed by atoms with van der Waals surface area (Å²) >= 11 is 0. The van der Waals surface area contributed by atoms with E-state index in [9.17, 15) is 9.59 Å². The van der Waals surface area contributed by atoms with Crippen LogP contribution in [0, 0.1) is 0 Å². The first-order valence-electron chi connectivity index (χ1n) is 3.60. The molecule has 0 aromatic carbocycles. The normalized spacial score (nSPS) is 8.50. The fourth-order valence-electron chi connectivity index (χ4n) is 0.142. The smallest absolute Gasteiger partial charge is 0.466 e. The highest BCUT2D eigenvalue weighted by Gasteiger charge is 2.00. The number of phosphoric acid groups is 1. The third-order valence-electron chi connectivity index (χ3n) is 0.461. The molecule has 0 unspecified atom stereocenters. The van der Waals surface area contributed by atoms with Gasteiger partial charge < -0.3 is 30.3 Å². The molecule has 1 amide bonds. The lowest BCUT2D eigenvalue weighted by Crippen LogP contribution is -2.11. The number of nitrogens with two attached hydrogens (primary N) is 1. The Morgan fingerprint density at radius 2 is 1.69 bits per heavy atom. The van der Waals surface area contributed by atoms with Crippen molar-refractivity contribution >= 4 is 19.9 Å². The Hall–Kier alpha value is -1.41. The number of amides is 1. The number of primary amides is 1. The Kier molecular flexibility index (Phi) is 14.6. The summed E-state index contributed by atoms with van der Waals surface area (Å²) in [5, 5.41) is 7.60. The van der Waals surface area contributed by atoms with Gasteiger partial charge in [-0.15, -0.1) is 0 Å². The number of aliphatic carboxylic acids is 1. The molecular weight excluding hydrogens is 245 g/mol. The zero-order chi connectivity index (χ0) is 13.8. The van der Waals surface area contributed by atoms with Crippen molar-refractivity contribution in [2.75, 3.05) is 6.61 Å².